The SMILES string of the molecule is CCCCCCCCNc1ccc(OC2CCCC2)cc1. The highest BCUT2D eigenvalue weighted by atomic mass is 16.5. The molecule has 2 rings (SSSR count). The van der Waals surface area contributed by atoms with Crippen molar-refractivity contribution in [1.82, 2.24) is 0 Å². The van der Waals surface area contributed by atoms with E-state index in [1.54, 1.807) is 0 Å². The lowest BCUT2D eigenvalue weighted by Crippen LogP contribution is -2.10. The molecule has 118 valence electrons. The fourth-order valence-electron chi connectivity index (χ4n) is 2.99. The second kappa shape index (κ2) is 9.70. The van der Waals surface area contributed by atoms with Gasteiger partial charge in [-0.2, -0.15) is 0 Å². The molecule has 21 heavy (non-hydrogen) atoms. The van der Waals surface area contributed by atoms with Gasteiger partial charge in [-0.3, -0.25) is 0 Å². The normalized spacial score (nSPS) is 15.3. The predicted octanol–water partition coefficient (Wildman–Crippen LogP) is 5.78. The number of hydrogen-bond acceptors (Lipinski definition) is 2. The first kappa shape index (κ1) is 16.2. The molecule has 0 amide bonds. The molecule has 0 aliphatic heterocycles. The number of ether oxygens (including phenoxy) is 1. The number of nitrogens with one attached hydrogen (secondary N) is 1. The van der Waals surface area contributed by atoms with Gasteiger partial charge in [0.05, 0.1) is 6.10 Å². The number of rotatable bonds is 10. The number of hydrogen-bond donors (Lipinski definition) is 1. The third kappa shape index (κ3) is 6.41. The van der Waals surface area contributed by atoms with Crippen molar-refractivity contribution in [3.05, 3.63) is 24.3 Å². The van der Waals surface area contributed by atoms with Crippen LogP contribution in [0.1, 0.15) is 71.1 Å². The van der Waals surface area contributed by atoms with Crippen LogP contribution in [-0.2, 0) is 0 Å². The van der Waals surface area contributed by atoms with Gasteiger partial charge in [0.1, 0.15) is 5.75 Å². The lowest BCUT2D eigenvalue weighted by Gasteiger charge is -2.13. The molecule has 1 fully saturated rings. The Hall–Kier alpha value is -1.18. The Morgan fingerprint density at radius 2 is 1.62 bits per heavy atom. The fourth-order valence-corrected chi connectivity index (χ4v) is 2.99. The highest BCUT2D eigenvalue weighted by Gasteiger charge is 2.16. The van der Waals surface area contributed by atoms with Crippen LogP contribution in [0.2, 0.25) is 0 Å². The molecule has 0 saturated heterocycles. The second-order valence-corrected chi connectivity index (χ2v) is 6.24. The third-order valence-corrected chi connectivity index (χ3v) is 4.32. The molecule has 0 atom stereocenters. The summed E-state index contributed by atoms with van der Waals surface area (Å²) in [5, 5.41) is 3.50. The summed E-state index contributed by atoms with van der Waals surface area (Å²) in [6.07, 6.45) is 13.6. The molecule has 0 unspecified atom stereocenters. The second-order valence-electron chi connectivity index (χ2n) is 6.24. The van der Waals surface area contributed by atoms with Crippen molar-refractivity contribution >= 4 is 5.69 Å². The molecule has 2 heteroatoms. The molecule has 2 nitrogen and oxygen atoms in total. The Kier molecular flexibility index (Phi) is 7.48. The molecule has 0 spiro atoms. The average Bonchev–Trinajstić information content (AvgIpc) is 3.01. The van der Waals surface area contributed by atoms with E-state index in [9.17, 15) is 0 Å². The van der Waals surface area contributed by atoms with Crippen LogP contribution < -0.4 is 10.1 Å². The van der Waals surface area contributed by atoms with Crippen molar-refractivity contribution in [1.29, 1.82) is 0 Å². The minimum Gasteiger partial charge on any atom is -0.490 e. The lowest BCUT2D eigenvalue weighted by atomic mass is 10.1. The van der Waals surface area contributed by atoms with Gasteiger partial charge >= 0.3 is 0 Å². The zero-order valence-corrected chi connectivity index (χ0v) is 13.6. The van der Waals surface area contributed by atoms with Crippen molar-refractivity contribution in [2.24, 2.45) is 0 Å². The summed E-state index contributed by atoms with van der Waals surface area (Å²) in [6.45, 7) is 3.34. The quantitative estimate of drug-likeness (QED) is 0.551. The molecule has 1 N–H and O–H groups in total. The molecule has 0 radical (unpaired) electrons. The molecule has 0 bridgehead atoms. The number of anilines is 1. The molecule has 1 aliphatic carbocycles. The van der Waals surface area contributed by atoms with Gasteiger partial charge in [0.25, 0.3) is 0 Å². The van der Waals surface area contributed by atoms with Crippen LogP contribution in [0.4, 0.5) is 5.69 Å². The summed E-state index contributed by atoms with van der Waals surface area (Å²) in [6, 6.07) is 8.48. The van der Waals surface area contributed by atoms with Gasteiger partial charge in [-0.05, 0) is 56.4 Å². The summed E-state index contributed by atoms with van der Waals surface area (Å²) in [5.74, 6) is 1.02. The van der Waals surface area contributed by atoms with Gasteiger partial charge in [-0.1, -0.05) is 39.0 Å². The minimum absolute atomic E-state index is 0.451. The molecule has 1 saturated carbocycles. The van der Waals surface area contributed by atoms with Crippen LogP contribution in [0, 0.1) is 0 Å². The predicted molar refractivity (Wildman–Crippen MR) is 91.2 cm³/mol. The largest absolute Gasteiger partial charge is 0.490 e. The third-order valence-electron chi connectivity index (χ3n) is 4.32. The van der Waals surface area contributed by atoms with Crippen LogP contribution >= 0.6 is 0 Å². The summed E-state index contributed by atoms with van der Waals surface area (Å²) in [5.41, 5.74) is 1.21. The zero-order valence-electron chi connectivity index (χ0n) is 13.6. The van der Waals surface area contributed by atoms with E-state index in [0.717, 1.165) is 12.3 Å². The highest BCUT2D eigenvalue weighted by Crippen LogP contribution is 2.25. The Bertz CT molecular complexity index is 368. The molecule has 1 aliphatic rings. The standard InChI is InChI=1S/C19H31NO/c1-2-3-4-5-6-9-16-20-17-12-14-19(15-13-17)21-18-10-7-8-11-18/h12-15,18,20H,2-11,16H2,1H3. The molecule has 0 heterocycles. The van der Waals surface area contributed by atoms with E-state index in [-0.39, 0.29) is 0 Å². The number of unbranched alkanes of at least 4 members (excludes halogenated alkanes) is 5. The van der Waals surface area contributed by atoms with Gasteiger partial charge in [0, 0.05) is 12.2 Å². The maximum atomic E-state index is 5.98. The lowest BCUT2D eigenvalue weighted by molar-refractivity contribution is 0.210. The van der Waals surface area contributed by atoms with Crippen molar-refractivity contribution in [2.45, 2.75) is 77.2 Å². The van der Waals surface area contributed by atoms with Gasteiger partial charge < -0.3 is 10.1 Å². The first-order chi connectivity index (χ1) is 10.4. The fraction of sp³-hybridized carbons (Fsp3) is 0.684. The van der Waals surface area contributed by atoms with Crippen molar-refractivity contribution in [3.8, 4) is 5.75 Å². The van der Waals surface area contributed by atoms with Gasteiger partial charge in [0.2, 0.25) is 0 Å². The first-order valence-electron chi connectivity index (χ1n) is 8.89. The summed E-state index contributed by atoms with van der Waals surface area (Å²) >= 11 is 0. The molecular formula is C19H31NO. The Balaban J connectivity index is 1.58. The molecule has 0 aromatic heterocycles. The topological polar surface area (TPSA) is 21.3 Å². The summed E-state index contributed by atoms with van der Waals surface area (Å²) in [7, 11) is 0. The van der Waals surface area contributed by atoms with Gasteiger partial charge in [-0.15, -0.1) is 0 Å². The highest BCUT2D eigenvalue weighted by molar-refractivity contribution is 5.46. The molecule has 1 aromatic rings. The molecule has 1 aromatic carbocycles. The first-order valence-corrected chi connectivity index (χ1v) is 8.89. The summed E-state index contributed by atoms with van der Waals surface area (Å²) < 4.78 is 5.98. The average molecular weight is 289 g/mol. The van der Waals surface area contributed by atoms with E-state index in [1.165, 1.54) is 69.9 Å². The van der Waals surface area contributed by atoms with Crippen molar-refractivity contribution in [3.63, 3.8) is 0 Å². The zero-order chi connectivity index (χ0) is 14.8. The molecular weight excluding hydrogens is 258 g/mol. The van der Waals surface area contributed by atoms with Crippen LogP contribution in [0.25, 0.3) is 0 Å². The van der Waals surface area contributed by atoms with Crippen molar-refractivity contribution in [2.75, 3.05) is 11.9 Å². The summed E-state index contributed by atoms with van der Waals surface area (Å²) in [4.78, 5) is 0. The van der Waals surface area contributed by atoms with Crippen molar-refractivity contribution < 1.29 is 4.74 Å². The van der Waals surface area contributed by atoms with Crippen LogP contribution in [-0.4, -0.2) is 12.6 Å². The maximum absolute atomic E-state index is 5.98. The van der Waals surface area contributed by atoms with Crippen LogP contribution in [0.5, 0.6) is 5.75 Å². The van der Waals surface area contributed by atoms with Crippen LogP contribution in [0.3, 0.4) is 0 Å². The van der Waals surface area contributed by atoms with Gasteiger partial charge in [-0.25, -0.2) is 0 Å². The van der Waals surface area contributed by atoms with Gasteiger partial charge in [0.15, 0.2) is 0 Å². The van der Waals surface area contributed by atoms with E-state index in [4.69, 9.17) is 4.74 Å². The van der Waals surface area contributed by atoms with E-state index < -0.39 is 0 Å². The monoisotopic (exact) mass is 289 g/mol. The van der Waals surface area contributed by atoms with E-state index >= 15 is 0 Å². The Labute approximate surface area is 130 Å². The van der Waals surface area contributed by atoms with E-state index in [1.807, 2.05) is 0 Å². The van der Waals surface area contributed by atoms with E-state index in [2.05, 4.69) is 36.5 Å². The minimum atomic E-state index is 0.451. The maximum Gasteiger partial charge on any atom is 0.119 e. The van der Waals surface area contributed by atoms with Crippen LogP contribution in [0.15, 0.2) is 24.3 Å². The Morgan fingerprint density at radius 1 is 0.952 bits per heavy atom. The smallest absolute Gasteiger partial charge is 0.119 e. The van der Waals surface area contributed by atoms with E-state index in [0.29, 0.717) is 6.10 Å². The number of benzene rings is 1. The Morgan fingerprint density at radius 3 is 2.33 bits per heavy atom.